The molecule has 162 valence electrons. The number of nitrogens with one attached hydrogen (secondary N) is 1. The highest BCUT2D eigenvalue weighted by atomic mass is 32.2. The van der Waals surface area contributed by atoms with Gasteiger partial charge in [0.2, 0.25) is 5.91 Å². The molecule has 2 fully saturated rings. The molecule has 4 heterocycles. The number of fused-ring (bicyclic) bond motifs is 3. The van der Waals surface area contributed by atoms with E-state index in [0.29, 0.717) is 22.6 Å². The van der Waals surface area contributed by atoms with Crippen molar-refractivity contribution in [2.24, 2.45) is 0 Å². The van der Waals surface area contributed by atoms with Gasteiger partial charge in [0.05, 0.1) is 5.69 Å². The number of carbonyl (C=O) groups excluding carboxylic acids is 1. The Morgan fingerprint density at radius 3 is 2.61 bits per heavy atom. The van der Waals surface area contributed by atoms with Crippen LogP contribution in [0.4, 0.5) is 5.69 Å². The first kappa shape index (κ1) is 20.0. The van der Waals surface area contributed by atoms with Crippen LogP contribution in [0.2, 0.25) is 0 Å². The normalized spacial score (nSPS) is 24.6. The number of rotatable bonds is 4. The van der Waals surface area contributed by atoms with Crippen LogP contribution in [0, 0.1) is 0 Å². The largest absolute Gasteiger partial charge is 0.480 e. The van der Waals surface area contributed by atoms with Crippen molar-refractivity contribution in [3.05, 3.63) is 40.4 Å². The van der Waals surface area contributed by atoms with Gasteiger partial charge in [-0.15, -0.1) is 11.8 Å². The summed E-state index contributed by atoms with van der Waals surface area (Å²) < 4.78 is 10.8. The number of hydrogen-bond donors (Lipinski definition) is 2. The monoisotopic (exact) mass is 442 g/mol. The van der Waals surface area contributed by atoms with Crippen molar-refractivity contribution in [2.45, 2.75) is 55.8 Å². The van der Waals surface area contributed by atoms with E-state index < -0.39 is 28.4 Å². The highest BCUT2D eigenvalue weighted by molar-refractivity contribution is 8.01. The van der Waals surface area contributed by atoms with Gasteiger partial charge in [-0.05, 0) is 26.0 Å². The summed E-state index contributed by atoms with van der Waals surface area (Å²) in [5, 5.41) is 14.3. The predicted molar refractivity (Wildman–Crippen MR) is 117 cm³/mol. The van der Waals surface area contributed by atoms with Gasteiger partial charge < -0.3 is 24.2 Å². The average molecular weight is 442 g/mol. The summed E-state index contributed by atoms with van der Waals surface area (Å²) in [5.41, 5.74) is 1.27. The number of hydrogen-bond acceptors (Lipinski definition) is 7. The highest BCUT2D eigenvalue weighted by Crippen LogP contribution is 2.52. The summed E-state index contributed by atoms with van der Waals surface area (Å²) in [5.74, 6) is -0.491. The van der Waals surface area contributed by atoms with Gasteiger partial charge in [0.15, 0.2) is 0 Å². The van der Waals surface area contributed by atoms with E-state index >= 15 is 0 Å². The maximum atomic E-state index is 12.9. The lowest BCUT2D eigenvalue weighted by Crippen LogP contribution is -2.68. The molecule has 0 aliphatic carbocycles. The first-order valence-corrected chi connectivity index (χ1v) is 11.0. The summed E-state index contributed by atoms with van der Waals surface area (Å²) in [6, 6.07) is 5.21. The summed E-state index contributed by atoms with van der Waals surface area (Å²) in [7, 11) is 0. The predicted octanol–water partition coefficient (Wildman–Crippen LogP) is 3.59. The van der Waals surface area contributed by atoms with Crippen LogP contribution in [0.5, 0.6) is 0 Å². The van der Waals surface area contributed by atoms with Crippen LogP contribution in [0.1, 0.15) is 39.4 Å². The summed E-state index contributed by atoms with van der Waals surface area (Å²) in [6.45, 7) is 7.69. The van der Waals surface area contributed by atoms with Crippen LogP contribution in [0.3, 0.4) is 0 Å². The zero-order chi connectivity index (χ0) is 22.2. The molecule has 0 bridgehead atoms. The van der Waals surface area contributed by atoms with Gasteiger partial charge in [0.25, 0.3) is 0 Å². The Hall–Kier alpha value is -2.94. The third-order valence-corrected chi connectivity index (χ3v) is 7.53. The lowest BCUT2D eigenvalue weighted by atomic mass is 9.95. The second-order valence-electron chi connectivity index (χ2n) is 8.86. The Morgan fingerprint density at radius 1 is 1.19 bits per heavy atom. The molecule has 2 aliphatic rings. The number of carbonyl (C=O) groups is 2. The van der Waals surface area contributed by atoms with Crippen molar-refractivity contribution in [1.29, 1.82) is 0 Å². The fourth-order valence-corrected chi connectivity index (χ4v) is 6.16. The van der Waals surface area contributed by atoms with Crippen LogP contribution < -0.4 is 10.9 Å². The molecular weight excluding hydrogens is 420 g/mol. The number of nitrogens with zero attached hydrogens (tertiary/aromatic N) is 1. The number of carboxylic acid groups (broad SMARTS) is 1. The van der Waals surface area contributed by atoms with E-state index in [4.69, 9.17) is 8.83 Å². The fourth-order valence-electron chi connectivity index (χ4n) is 4.54. The van der Waals surface area contributed by atoms with E-state index in [1.54, 1.807) is 12.1 Å². The zero-order valence-electron chi connectivity index (χ0n) is 17.5. The second-order valence-corrected chi connectivity index (χ2v) is 10.6. The fraction of sp³-hybridized carbons (Fsp3) is 0.409. The van der Waals surface area contributed by atoms with Gasteiger partial charge in [0.1, 0.15) is 34.4 Å². The van der Waals surface area contributed by atoms with Gasteiger partial charge >= 0.3 is 11.6 Å². The summed E-state index contributed by atoms with van der Waals surface area (Å²) >= 11 is 1.49. The SMILES string of the molecule is CC(C)c1oc2cc3oc(=O)ccc3cc2c1N[C@@H]1C(=O)N2[C@@H]1SC(C)(C)[C@@H]2C(=O)O. The van der Waals surface area contributed by atoms with Crippen LogP contribution in [-0.4, -0.2) is 44.1 Å². The van der Waals surface area contributed by atoms with E-state index in [1.807, 2.05) is 33.8 Å². The topological polar surface area (TPSA) is 113 Å². The van der Waals surface area contributed by atoms with Crippen molar-refractivity contribution in [2.75, 3.05) is 5.32 Å². The Morgan fingerprint density at radius 2 is 1.94 bits per heavy atom. The van der Waals surface area contributed by atoms with Crippen LogP contribution in [0.15, 0.2) is 37.9 Å². The maximum Gasteiger partial charge on any atom is 0.336 e. The Labute approximate surface area is 181 Å². The highest BCUT2D eigenvalue weighted by Gasteiger charge is 2.64. The summed E-state index contributed by atoms with van der Waals surface area (Å²) in [6.07, 6.45) is 0. The number of aliphatic carboxylic acids is 1. The molecule has 2 N–H and O–H groups in total. The molecule has 2 aliphatic heterocycles. The molecule has 3 atom stereocenters. The Balaban J connectivity index is 1.57. The number of amides is 1. The molecule has 1 aromatic carbocycles. The third kappa shape index (κ3) is 2.86. The Bertz CT molecular complexity index is 1310. The molecule has 1 amide bonds. The zero-order valence-corrected chi connectivity index (χ0v) is 18.3. The van der Waals surface area contributed by atoms with Crippen molar-refractivity contribution in [1.82, 2.24) is 4.90 Å². The minimum absolute atomic E-state index is 0.0377. The third-order valence-electron chi connectivity index (χ3n) is 5.96. The van der Waals surface area contributed by atoms with E-state index in [-0.39, 0.29) is 17.2 Å². The minimum atomic E-state index is -0.989. The molecule has 5 rings (SSSR count). The van der Waals surface area contributed by atoms with Crippen LogP contribution in [-0.2, 0) is 9.59 Å². The molecule has 0 radical (unpaired) electrons. The number of benzene rings is 1. The average Bonchev–Trinajstić information content (AvgIpc) is 3.16. The van der Waals surface area contributed by atoms with E-state index in [2.05, 4.69) is 5.32 Å². The molecular formula is C22H22N2O6S. The van der Waals surface area contributed by atoms with E-state index in [0.717, 1.165) is 10.8 Å². The molecule has 3 aromatic rings. The maximum absolute atomic E-state index is 12.9. The van der Waals surface area contributed by atoms with Crippen LogP contribution in [0.25, 0.3) is 21.9 Å². The molecule has 2 saturated heterocycles. The number of anilines is 1. The van der Waals surface area contributed by atoms with Gasteiger partial charge in [-0.25, -0.2) is 9.59 Å². The van der Waals surface area contributed by atoms with E-state index in [9.17, 15) is 19.5 Å². The second kappa shape index (κ2) is 6.53. The van der Waals surface area contributed by atoms with Gasteiger partial charge in [-0.3, -0.25) is 4.79 Å². The van der Waals surface area contributed by atoms with Gasteiger partial charge in [-0.1, -0.05) is 13.8 Å². The molecule has 0 unspecified atom stereocenters. The quantitative estimate of drug-likeness (QED) is 0.466. The van der Waals surface area contributed by atoms with E-state index in [1.165, 1.54) is 22.7 Å². The smallest absolute Gasteiger partial charge is 0.336 e. The molecule has 0 spiro atoms. The van der Waals surface area contributed by atoms with Crippen LogP contribution >= 0.6 is 11.8 Å². The first-order chi connectivity index (χ1) is 14.6. The molecule has 31 heavy (non-hydrogen) atoms. The summed E-state index contributed by atoms with van der Waals surface area (Å²) in [4.78, 5) is 37.7. The number of β-lactam (4-membered cyclic amide) rings is 1. The number of thioether (sulfide) groups is 1. The lowest BCUT2D eigenvalue weighted by Gasteiger charge is -2.44. The molecule has 2 aromatic heterocycles. The van der Waals surface area contributed by atoms with Crippen molar-refractivity contribution in [3.63, 3.8) is 0 Å². The minimum Gasteiger partial charge on any atom is -0.480 e. The first-order valence-electron chi connectivity index (χ1n) is 10.1. The van der Waals surface area contributed by atoms with Gasteiger partial charge in [0, 0.05) is 33.6 Å². The lowest BCUT2D eigenvalue weighted by molar-refractivity contribution is -0.158. The van der Waals surface area contributed by atoms with Crippen molar-refractivity contribution < 1.29 is 23.5 Å². The van der Waals surface area contributed by atoms with Crippen molar-refractivity contribution >= 4 is 51.3 Å². The van der Waals surface area contributed by atoms with Gasteiger partial charge in [-0.2, -0.15) is 0 Å². The Kier molecular flexibility index (Phi) is 4.21. The molecule has 8 nitrogen and oxygen atoms in total. The molecule has 0 saturated carbocycles. The standard InChI is InChI=1S/C22H22N2O6S/c1-9(2)17-15(11-7-10-5-6-14(25)29-12(10)8-13(11)30-17)23-16-19(26)24-18(21(27)28)22(3,4)31-20(16)24/h5-9,16,18,20,23H,1-4H3,(H,27,28)/t16-,18+,20-/m1/s1. The number of carboxylic acids is 1. The van der Waals surface area contributed by atoms with Crippen molar-refractivity contribution in [3.8, 4) is 0 Å². The molecule has 9 heteroatoms. The number of furan rings is 1.